The van der Waals surface area contributed by atoms with E-state index in [4.69, 9.17) is 0 Å². The van der Waals surface area contributed by atoms with Gasteiger partial charge in [-0.3, -0.25) is 4.90 Å². The van der Waals surface area contributed by atoms with Crippen molar-refractivity contribution in [2.45, 2.75) is 50.7 Å². The smallest absolute Gasteiger partial charge is 0.0330 e. The molecule has 1 N–H and O–H groups in total. The molecule has 1 aromatic rings. The highest BCUT2D eigenvalue weighted by atomic mass is 32.1. The van der Waals surface area contributed by atoms with E-state index in [1.165, 1.54) is 56.6 Å². The average molecular weight is 250 g/mol. The first-order valence-electron chi connectivity index (χ1n) is 6.91. The van der Waals surface area contributed by atoms with Crippen LogP contribution in [0.5, 0.6) is 0 Å². The van der Waals surface area contributed by atoms with Gasteiger partial charge in [-0.2, -0.15) is 0 Å². The van der Waals surface area contributed by atoms with Crippen LogP contribution in [0.3, 0.4) is 0 Å². The van der Waals surface area contributed by atoms with Gasteiger partial charge in [-0.25, -0.2) is 0 Å². The first kappa shape index (κ1) is 11.7. The molecule has 2 saturated carbocycles. The first-order valence-corrected chi connectivity index (χ1v) is 7.79. The largest absolute Gasteiger partial charge is 0.314 e. The summed E-state index contributed by atoms with van der Waals surface area (Å²) in [5, 5.41) is 5.80. The standard InChI is InChI=1S/C14H22N2S/c1-3-14(17-10-1)11-16(13-6-7-13)9-2-8-15-12-4-5-12/h1,3,10,12-13,15H,2,4-9,11H2. The number of rotatable bonds is 8. The van der Waals surface area contributed by atoms with Crippen molar-refractivity contribution >= 4 is 11.3 Å². The second-order valence-electron chi connectivity index (χ2n) is 5.36. The summed E-state index contributed by atoms with van der Waals surface area (Å²) in [6.45, 7) is 3.65. The first-order chi connectivity index (χ1) is 8.42. The quantitative estimate of drug-likeness (QED) is 0.714. The molecule has 0 atom stereocenters. The third-order valence-electron chi connectivity index (χ3n) is 3.63. The third-order valence-corrected chi connectivity index (χ3v) is 4.50. The highest BCUT2D eigenvalue weighted by molar-refractivity contribution is 7.09. The summed E-state index contributed by atoms with van der Waals surface area (Å²) < 4.78 is 0. The van der Waals surface area contributed by atoms with E-state index < -0.39 is 0 Å². The Balaban J connectivity index is 1.39. The lowest BCUT2D eigenvalue weighted by Crippen LogP contribution is -2.29. The van der Waals surface area contributed by atoms with Crippen molar-refractivity contribution in [2.24, 2.45) is 0 Å². The minimum Gasteiger partial charge on any atom is -0.314 e. The molecular formula is C14H22N2S. The molecule has 2 fully saturated rings. The molecule has 0 amide bonds. The Hall–Kier alpha value is -0.380. The van der Waals surface area contributed by atoms with Crippen LogP contribution in [0.1, 0.15) is 37.0 Å². The van der Waals surface area contributed by atoms with Gasteiger partial charge >= 0.3 is 0 Å². The van der Waals surface area contributed by atoms with Crippen molar-refractivity contribution in [3.05, 3.63) is 22.4 Å². The average Bonchev–Trinajstić information content (AvgIpc) is 3.24. The van der Waals surface area contributed by atoms with Crippen molar-refractivity contribution in [1.82, 2.24) is 10.2 Å². The number of nitrogens with zero attached hydrogens (tertiary/aromatic N) is 1. The van der Waals surface area contributed by atoms with E-state index in [0.29, 0.717) is 0 Å². The normalized spacial score (nSPS) is 20.1. The van der Waals surface area contributed by atoms with Crippen molar-refractivity contribution in [3.8, 4) is 0 Å². The maximum Gasteiger partial charge on any atom is 0.0330 e. The lowest BCUT2D eigenvalue weighted by Gasteiger charge is -2.21. The molecule has 0 aliphatic heterocycles. The fourth-order valence-electron chi connectivity index (χ4n) is 2.31. The number of thiophene rings is 1. The zero-order chi connectivity index (χ0) is 11.5. The zero-order valence-corrected chi connectivity index (χ0v) is 11.2. The van der Waals surface area contributed by atoms with Crippen LogP contribution >= 0.6 is 11.3 Å². The molecule has 1 heterocycles. The molecule has 3 heteroatoms. The van der Waals surface area contributed by atoms with Gasteiger partial charge in [-0.1, -0.05) is 6.07 Å². The van der Waals surface area contributed by atoms with Gasteiger partial charge in [-0.15, -0.1) is 11.3 Å². The summed E-state index contributed by atoms with van der Waals surface area (Å²) in [6, 6.07) is 6.18. The van der Waals surface area contributed by atoms with Crippen LogP contribution in [0.15, 0.2) is 17.5 Å². The number of hydrogen-bond acceptors (Lipinski definition) is 3. The predicted molar refractivity (Wildman–Crippen MR) is 73.4 cm³/mol. The minimum absolute atomic E-state index is 0.863. The Morgan fingerprint density at radius 1 is 1.29 bits per heavy atom. The number of hydrogen-bond donors (Lipinski definition) is 1. The monoisotopic (exact) mass is 250 g/mol. The topological polar surface area (TPSA) is 15.3 Å². The molecule has 0 radical (unpaired) electrons. The molecule has 94 valence electrons. The Bertz CT molecular complexity index is 328. The van der Waals surface area contributed by atoms with E-state index >= 15 is 0 Å². The fraction of sp³-hybridized carbons (Fsp3) is 0.714. The zero-order valence-electron chi connectivity index (χ0n) is 10.4. The molecule has 0 spiro atoms. The SMILES string of the molecule is c1csc(CN(CCCNC2CC2)C2CC2)c1. The van der Waals surface area contributed by atoms with Crippen molar-refractivity contribution in [1.29, 1.82) is 0 Å². The highest BCUT2D eigenvalue weighted by Gasteiger charge is 2.28. The van der Waals surface area contributed by atoms with Gasteiger partial charge in [0.05, 0.1) is 0 Å². The van der Waals surface area contributed by atoms with Gasteiger partial charge in [0.1, 0.15) is 0 Å². The molecule has 0 saturated heterocycles. The molecule has 1 aromatic heterocycles. The van der Waals surface area contributed by atoms with Crippen LogP contribution in [-0.4, -0.2) is 30.1 Å². The second kappa shape index (κ2) is 5.51. The molecule has 2 nitrogen and oxygen atoms in total. The van der Waals surface area contributed by atoms with E-state index in [1.807, 2.05) is 11.3 Å². The van der Waals surface area contributed by atoms with Crippen LogP contribution in [0.4, 0.5) is 0 Å². The van der Waals surface area contributed by atoms with Crippen LogP contribution in [-0.2, 0) is 6.54 Å². The van der Waals surface area contributed by atoms with Gasteiger partial charge in [0, 0.05) is 30.1 Å². The lowest BCUT2D eigenvalue weighted by atomic mass is 10.3. The van der Waals surface area contributed by atoms with Gasteiger partial charge in [0.15, 0.2) is 0 Å². The third kappa shape index (κ3) is 3.80. The summed E-state index contributed by atoms with van der Waals surface area (Å²) in [6.07, 6.45) is 6.95. The molecule has 17 heavy (non-hydrogen) atoms. The van der Waals surface area contributed by atoms with E-state index in [-0.39, 0.29) is 0 Å². The summed E-state index contributed by atoms with van der Waals surface area (Å²) in [5.41, 5.74) is 0. The van der Waals surface area contributed by atoms with Crippen LogP contribution in [0.2, 0.25) is 0 Å². The van der Waals surface area contributed by atoms with E-state index in [0.717, 1.165) is 12.1 Å². The number of nitrogens with one attached hydrogen (secondary N) is 1. The van der Waals surface area contributed by atoms with E-state index in [1.54, 1.807) is 0 Å². The van der Waals surface area contributed by atoms with E-state index in [2.05, 4.69) is 27.7 Å². The molecule has 3 rings (SSSR count). The van der Waals surface area contributed by atoms with E-state index in [9.17, 15) is 0 Å². The van der Waals surface area contributed by atoms with Crippen LogP contribution < -0.4 is 5.32 Å². The Morgan fingerprint density at radius 3 is 2.82 bits per heavy atom. The molecule has 2 aliphatic rings. The maximum absolute atomic E-state index is 3.61. The van der Waals surface area contributed by atoms with Crippen molar-refractivity contribution < 1.29 is 0 Å². The highest BCUT2D eigenvalue weighted by Crippen LogP contribution is 2.29. The van der Waals surface area contributed by atoms with Crippen molar-refractivity contribution in [2.75, 3.05) is 13.1 Å². The fourth-order valence-corrected chi connectivity index (χ4v) is 3.04. The molecule has 0 unspecified atom stereocenters. The second-order valence-corrected chi connectivity index (χ2v) is 6.40. The minimum atomic E-state index is 0.863. The van der Waals surface area contributed by atoms with Gasteiger partial charge in [0.2, 0.25) is 0 Å². The van der Waals surface area contributed by atoms with Crippen molar-refractivity contribution in [3.63, 3.8) is 0 Å². The molecule has 2 aliphatic carbocycles. The molecular weight excluding hydrogens is 228 g/mol. The summed E-state index contributed by atoms with van der Waals surface area (Å²) in [7, 11) is 0. The Morgan fingerprint density at radius 2 is 2.18 bits per heavy atom. The molecule has 0 aromatic carbocycles. The maximum atomic E-state index is 3.61. The van der Waals surface area contributed by atoms with Gasteiger partial charge in [0.25, 0.3) is 0 Å². The Kier molecular flexibility index (Phi) is 3.79. The molecule has 0 bridgehead atoms. The van der Waals surface area contributed by atoms with Crippen LogP contribution in [0.25, 0.3) is 0 Å². The van der Waals surface area contributed by atoms with Gasteiger partial charge in [-0.05, 0) is 50.1 Å². The summed E-state index contributed by atoms with van der Waals surface area (Å²) in [5.74, 6) is 0. The summed E-state index contributed by atoms with van der Waals surface area (Å²) in [4.78, 5) is 4.20. The predicted octanol–water partition coefficient (Wildman–Crippen LogP) is 2.85. The lowest BCUT2D eigenvalue weighted by molar-refractivity contribution is 0.252. The Labute approximate surface area is 108 Å². The van der Waals surface area contributed by atoms with Crippen LogP contribution in [0, 0.1) is 0 Å². The van der Waals surface area contributed by atoms with Gasteiger partial charge < -0.3 is 5.32 Å². The summed E-state index contributed by atoms with van der Waals surface area (Å²) >= 11 is 1.89.